The van der Waals surface area contributed by atoms with Crippen molar-refractivity contribution in [2.24, 2.45) is 0 Å². The number of hydrogen-bond acceptors (Lipinski definition) is 4. The van der Waals surface area contributed by atoms with E-state index in [4.69, 9.17) is 5.11 Å². The van der Waals surface area contributed by atoms with Gasteiger partial charge in [-0.25, -0.2) is 4.79 Å². The van der Waals surface area contributed by atoms with Crippen LogP contribution in [0.4, 0.5) is 10.5 Å². The number of hydrazine groups is 1. The van der Waals surface area contributed by atoms with Gasteiger partial charge in [-0.1, -0.05) is 12.1 Å². The SMILES string of the molecule is Cc1cccc(NNC(=O)C2CCCN2C(=O)NC(C)C(=O)O)c1. The number of rotatable bonds is 5. The second-order valence-corrected chi connectivity index (χ2v) is 5.84. The van der Waals surface area contributed by atoms with Crippen molar-refractivity contribution in [3.63, 3.8) is 0 Å². The van der Waals surface area contributed by atoms with E-state index in [1.165, 1.54) is 11.8 Å². The van der Waals surface area contributed by atoms with E-state index in [0.29, 0.717) is 19.4 Å². The maximum absolute atomic E-state index is 12.3. The summed E-state index contributed by atoms with van der Waals surface area (Å²) in [6.07, 6.45) is 1.23. The molecule has 1 aromatic rings. The third-order valence-corrected chi connectivity index (χ3v) is 3.87. The first-order valence-corrected chi connectivity index (χ1v) is 7.81. The molecule has 0 aromatic heterocycles. The fourth-order valence-electron chi connectivity index (χ4n) is 2.55. The summed E-state index contributed by atoms with van der Waals surface area (Å²) in [5.41, 5.74) is 7.23. The molecule has 1 saturated heterocycles. The third-order valence-electron chi connectivity index (χ3n) is 3.87. The Kier molecular flexibility index (Phi) is 5.62. The maximum Gasteiger partial charge on any atom is 0.325 e. The van der Waals surface area contributed by atoms with E-state index in [0.717, 1.165) is 11.3 Å². The highest BCUT2D eigenvalue weighted by molar-refractivity contribution is 5.89. The topological polar surface area (TPSA) is 111 Å². The number of likely N-dealkylation sites (tertiary alicyclic amines) is 1. The zero-order chi connectivity index (χ0) is 17.7. The standard InChI is InChI=1S/C16H22N4O4/c1-10-5-3-6-12(9-10)18-19-14(21)13-7-4-8-20(13)16(24)17-11(2)15(22)23/h3,5-6,9,11,13,18H,4,7-8H2,1-2H3,(H,17,24)(H,19,21)(H,22,23). The number of urea groups is 1. The summed E-state index contributed by atoms with van der Waals surface area (Å²) in [6.45, 7) is 3.74. The molecule has 0 aliphatic carbocycles. The fraction of sp³-hybridized carbons (Fsp3) is 0.438. The quantitative estimate of drug-likeness (QED) is 0.602. The van der Waals surface area contributed by atoms with Gasteiger partial charge in [0.15, 0.2) is 0 Å². The maximum atomic E-state index is 12.3. The van der Waals surface area contributed by atoms with Crippen LogP contribution in [0.5, 0.6) is 0 Å². The molecule has 2 atom stereocenters. The monoisotopic (exact) mass is 334 g/mol. The normalized spacial score (nSPS) is 17.9. The van der Waals surface area contributed by atoms with E-state index >= 15 is 0 Å². The van der Waals surface area contributed by atoms with Crippen molar-refractivity contribution in [1.82, 2.24) is 15.6 Å². The smallest absolute Gasteiger partial charge is 0.325 e. The van der Waals surface area contributed by atoms with Crippen LogP contribution in [0.25, 0.3) is 0 Å². The number of carboxylic acids is 1. The number of aliphatic carboxylic acids is 1. The molecule has 1 aromatic carbocycles. The van der Waals surface area contributed by atoms with Gasteiger partial charge in [-0.2, -0.15) is 0 Å². The van der Waals surface area contributed by atoms with Gasteiger partial charge in [0, 0.05) is 6.54 Å². The number of benzene rings is 1. The highest BCUT2D eigenvalue weighted by Gasteiger charge is 2.35. The zero-order valence-electron chi connectivity index (χ0n) is 13.7. The predicted molar refractivity (Wildman–Crippen MR) is 88.3 cm³/mol. The van der Waals surface area contributed by atoms with E-state index in [1.54, 1.807) is 0 Å². The molecule has 0 spiro atoms. The first-order chi connectivity index (χ1) is 11.4. The minimum absolute atomic E-state index is 0.327. The first-order valence-electron chi connectivity index (χ1n) is 7.81. The Hall–Kier alpha value is -2.77. The second kappa shape index (κ2) is 7.67. The summed E-state index contributed by atoms with van der Waals surface area (Å²) in [7, 11) is 0. The molecule has 0 bridgehead atoms. The molecule has 1 aliphatic heterocycles. The lowest BCUT2D eigenvalue weighted by Crippen LogP contribution is -2.53. The van der Waals surface area contributed by atoms with E-state index in [-0.39, 0.29) is 5.91 Å². The van der Waals surface area contributed by atoms with E-state index in [9.17, 15) is 14.4 Å². The number of nitrogens with zero attached hydrogens (tertiary/aromatic N) is 1. The van der Waals surface area contributed by atoms with Crippen LogP contribution in [0.3, 0.4) is 0 Å². The average molecular weight is 334 g/mol. The van der Waals surface area contributed by atoms with Gasteiger partial charge in [0.05, 0.1) is 5.69 Å². The van der Waals surface area contributed by atoms with Gasteiger partial charge in [-0.3, -0.25) is 20.4 Å². The summed E-state index contributed by atoms with van der Waals surface area (Å²) in [5.74, 6) is -1.45. The zero-order valence-corrected chi connectivity index (χ0v) is 13.7. The Labute approximate surface area is 140 Å². The van der Waals surface area contributed by atoms with Crippen LogP contribution in [0.15, 0.2) is 24.3 Å². The van der Waals surface area contributed by atoms with E-state index in [1.807, 2.05) is 31.2 Å². The minimum Gasteiger partial charge on any atom is -0.480 e. The van der Waals surface area contributed by atoms with Crippen LogP contribution in [0.2, 0.25) is 0 Å². The van der Waals surface area contributed by atoms with Gasteiger partial charge in [0.25, 0.3) is 5.91 Å². The number of carboxylic acid groups (broad SMARTS) is 1. The fourth-order valence-corrected chi connectivity index (χ4v) is 2.55. The largest absolute Gasteiger partial charge is 0.480 e. The molecule has 4 N–H and O–H groups in total. The molecule has 1 heterocycles. The van der Waals surface area contributed by atoms with Crippen molar-refractivity contribution in [3.8, 4) is 0 Å². The first kappa shape index (κ1) is 17.6. The highest BCUT2D eigenvalue weighted by Crippen LogP contribution is 2.18. The lowest BCUT2D eigenvalue weighted by Gasteiger charge is -2.25. The van der Waals surface area contributed by atoms with Crippen molar-refractivity contribution in [1.29, 1.82) is 0 Å². The molecule has 0 radical (unpaired) electrons. The molecule has 130 valence electrons. The van der Waals surface area contributed by atoms with Crippen LogP contribution in [-0.2, 0) is 9.59 Å². The lowest BCUT2D eigenvalue weighted by atomic mass is 10.2. The predicted octanol–water partition coefficient (Wildman–Crippen LogP) is 1.09. The molecular formula is C16H22N4O4. The van der Waals surface area contributed by atoms with Crippen molar-refractivity contribution >= 4 is 23.6 Å². The van der Waals surface area contributed by atoms with Crippen LogP contribution in [0, 0.1) is 6.92 Å². The summed E-state index contributed by atoms with van der Waals surface area (Å²) in [6, 6.07) is 5.34. The minimum atomic E-state index is -1.12. The van der Waals surface area contributed by atoms with Crippen molar-refractivity contribution in [2.45, 2.75) is 38.8 Å². The number of carbonyl (C=O) groups is 3. The molecule has 8 nitrogen and oxygen atoms in total. The van der Waals surface area contributed by atoms with Gasteiger partial charge >= 0.3 is 12.0 Å². The molecule has 1 aliphatic rings. The second-order valence-electron chi connectivity index (χ2n) is 5.84. The molecule has 24 heavy (non-hydrogen) atoms. The van der Waals surface area contributed by atoms with Gasteiger partial charge < -0.3 is 15.3 Å². The molecule has 2 unspecified atom stereocenters. The summed E-state index contributed by atoms with van der Waals surface area (Å²) in [5, 5.41) is 11.2. The van der Waals surface area contributed by atoms with Crippen molar-refractivity contribution in [2.75, 3.05) is 12.0 Å². The highest BCUT2D eigenvalue weighted by atomic mass is 16.4. The van der Waals surface area contributed by atoms with Crippen LogP contribution < -0.4 is 16.2 Å². The van der Waals surface area contributed by atoms with Crippen LogP contribution in [0.1, 0.15) is 25.3 Å². The molecule has 2 rings (SSSR count). The molecule has 8 heteroatoms. The van der Waals surface area contributed by atoms with Gasteiger partial charge in [-0.15, -0.1) is 0 Å². The van der Waals surface area contributed by atoms with Crippen LogP contribution >= 0.6 is 0 Å². The molecule has 0 saturated carbocycles. The summed E-state index contributed by atoms with van der Waals surface area (Å²) in [4.78, 5) is 36.7. The van der Waals surface area contributed by atoms with E-state index < -0.39 is 24.1 Å². The van der Waals surface area contributed by atoms with Crippen LogP contribution in [-0.4, -0.2) is 46.5 Å². The Morgan fingerprint density at radius 2 is 2.08 bits per heavy atom. The molecular weight excluding hydrogens is 312 g/mol. The Bertz CT molecular complexity index is 634. The summed E-state index contributed by atoms with van der Waals surface area (Å²) >= 11 is 0. The van der Waals surface area contributed by atoms with Crippen molar-refractivity contribution in [3.05, 3.63) is 29.8 Å². The average Bonchev–Trinajstić information content (AvgIpc) is 3.02. The number of amides is 3. The van der Waals surface area contributed by atoms with Crippen molar-refractivity contribution < 1.29 is 19.5 Å². The number of nitrogens with one attached hydrogen (secondary N) is 3. The lowest BCUT2D eigenvalue weighted by molar-refractivity contribution is -0.138. The van der Waals surface area contributed by atoms with Gasteiger partial charge in [0.2, 0.25) is 0 Å². The Morgan fingerprint density at radius 1 is 1.33 bits per heavy atom. The van der Waals surface area contributed by atoms with Gasteiger partial charge in [-0.05, 0) is 44.4 Å². The number of carbonyl (C=O) groups excluding carboxylic acids is 2. The molecule has 3 amide bonds. The van der Waals surface area contributed by atoms with E-state index in [2.05, 4.69) is 16.2 Å². The number of hydrogen-bond donors (Lipinski definition) is 4. The number of anilines is 1. The molecule has 1 fully saturated rings. The third kappa shape index (κ3) is 4.37. The Morgan fingerprint density at radius 3 is 2.75 bits per heavy atom. The van der Waals surface area contributed by atoms with Gasteiger partial charge in [0.1, 0.15) is 12.1 Å². The number of aryl methyl sites for hydroxylation is 1. The Balaban J connectivity index is 1.92. The summed E-state index contributed by atoms with van der Waals surface area (Å²) < 4.78 is 0.